The van der Waals surface area contributed by atoms with Crippen LogP contribution in [0.1, 0.15) is 62.1 Å². The molecule has 1 aliphatic heterocycles. The fraction of sp³-hybridized carbons (Fsp3) is 0.379. The van der Waals surface area contributed by atoms with Gasteiger partial charge in [-0.05, 0) is 55.5 Å². The first-order valence-corrected chi connectivity index (χ1v) is 14.0. The summed E-state index contributed by atoms with van der Waals surface area (Å²) in [6.45, 7) is 5.35. The van der Waals surface area contributed by atoms with Crippen molar-refractivity contribution in [2.24, 2.45) is 4.99 Å². The number of aliphatic imine (C=N–C) groups is 1. The number of allylic oxidation sites excluding steroid dienone is 1. The van der Waals surface area contributed by atoms with Gasteiger partial charge in [0.05, 0.1) is 22.4 Å². The highest BCUT2D eigenvalue weighted by Crippen LogP contribution is 2.44. The summed E-state index contributed by atoms with van der Waals surface area (Å²) in [7, 11) is 1.58. The molecular formula is C29H31ClF2N4OS. The van der Waals surface area contributed by atoms with Gasteiger partial charge in [-0.15, -0.1) is 11.3 Å². The van der Waals surface area contributed by atoms with Crippen LogP contribution >= 0.6 is 22.9 Å². The molecule has 0 spiro atoms. The molecule has 0 atom stereocenters. The number of rotatable bonds is 6. The number of nitrogens with two attached hydrogens (primary N) is 1. The Bertz CT molecular complexity index is 1450. The number of unbranched alkanes of at least 4 members (excludes halogenated alkanes) is 1. The number of benzene rings is 2. The normalized spacial score (nSPS) is 15.0. The number of likely N-dealkylation sites (tertiary alicyclic amines) is 1. The summed E-state index contributed by atoms with van der Waals surface area (Å²) in [5, 5.41) is 10.3. The number of hydrogen-bond acceptors (Lipinski definition) is 5. The van der Waals surface area contributed by atoms with Crippen LogP contribution in [0.2, 0.25) is 5.02 Å². The van der Waals surface area contributed by atoms with E-state index in [9.17, 15) is 9.65 Å². The second kappa shape index (κ2) is 12.1. The lowest BCUT2D eigenvalue weighted by molar-refractivity contribution is 0.284. The molecule has 0 unspecified atom stereocenters. The quantitative estimate of drug-likeness (QED) is 0.189. The number of anilines is 1. The zero-order valence-corrected chi connectivity index (χ0v) is 23.4. The van der Waals surface area contributed by atoms with Crippen molar-refractivity contribution >= 4 is 43.9 Å². The summed E-state index contributed by atoms with van der Waals surface area (Å²) in [5.41, 5.74) is 7.49. The summed E-state index contributed by atoms with van der Waals surface area (Å²) in [4.78, 5) is 7.03. The van der Waals surface area contributed by atoms with Crippen molar-refractivity contribution in [2.45, 2.75) is 52.4 Å². The lowest BCUT2D eigenvalue weighted by atomic mass is 9.94. The van der Waals surface area contributed by atoms with Gasteiger partial charge in [-0.1, -0.05) is 43.9 Å². The van der Waals surface area contributed by atoms with Gasteiger partial charge in [0.2, 0.25) is 5.88 Å². The van der Waals surface area contributed by atoms with E-state index in [0.717, 1.165) is 63.0 Å². The molecule has 4 rings (SSSR count). The average Bonchev–Trinajstić information content (AvgIpc) is 3.05. The SMILES string of the molecule is CCC/C=C(/N=C(\c1cc(Cl)c(-c2ccc(F)c3sc(N)c(C#N)c23)c(F)c1C)N1CCCCCC1)OC. The van der Waals surface area contributed by atoms with E-state index in [1.807, 2.05) is 12.1 Å². The molecule has 0 radical (unpaired) electrons. The Morgan fingerprint density at radius 3 is 2.61 bits per heavy atom. The molecule has 1 saturated heterocycles. The Balaban J connectivity index is 1.94. The first-order valence-electron chi connectivity index (χ1n) is 12.8. The van der Waals surface area contributed by atoms with Crippen LogP contribution in [0.25, 0.3) is 21.2 Å². The van der Waals surface area contributed by atoms with Gasteiger partial charge in [0.15, 0.2) is 0 Å². The maximum atomic E-state index is 16.3. The predicted octanol–water partition coefficient (Wildman–Crippen LogP) is 8.17. The fourth-order valence-electron chi connectivity index (χ4n) is 4.84. The summed E-state index contributed by atoms with van der Waals surface area (Å²) in [5.74, 6) is 0.0166. The molecule has 0 bridgehead atoms. The van der Waals surface area contributed by atoms with Crippen molar-refractivity contribution in [3.8, 4) is 17.2 Å². The number of amidine groups is 1. The van der Waals surface area contributed by atoms with Gasteiger partial charge in [-0.25, -0.2) is 8.78 Å². The smallest absolute Gasteiger partial charge is 0.210 e. The number of ether oxygens (including phenoxy) is 1. The number of thiophene rings is 1. The molecule has 0 aliphatic carbocycles. The van der Waals surface area contributed by atoms with Gasteiger partial charge < -0.3 is 15.4 Å². The molecule has 1 aromatic heterocycles. The van der Waals surface area contributed by atoms with Gasteiger partial charge in [-0.2, -0.15) is 10.3 Å². The predicted molar refractivity (Wildman–Crippen MR) is 153 cm³/mol. The Hall–Kier alpha value is -3.15. The van der Waals surface area contributed by atoms with Crippen molar-refractivity contribution in [3.63, 3.8) is 0 Å². The van der Waals surface area contributed by atoms with E-state index in [4.69, 9.17) is 27.1 Å². The third kappa shape index (κ3) is 5.36. The minimum absolute atomic E-state index is 0.107. The molecule has 0 saturated carbocycles. The number of halogens is 3. The standard InChI is InChI=1S/C29H31ClF2N4OS/c1-4-5-10-23(37-3)35-29(36-13-8-6-7-9-14-36)19-15-21(30)25(26(32)17(19)2)18-11-12-22(31)27-24(18)20(16-33)28(34)38-27/h10-12,15H,4-9,13-14,34H2,1-3H3/b23-10-,35-29+. The Kier molecular flexibility index (Phi) is 8.91. The van der Waals surface area contributed by atoms with Crippen LogP contribution in [0.3, 0.4) is 0 Å². The van der Waals surface area contributed by atoms with Gasteiger partial charge in [0.1, 0.15) is 28.5 Å². The van der Waals surface area contributed by atoms with Crippen LogP contribution in [0.5, 0.6) is 0 Å². The minimum atomic E-state index is -0.548. The van der Waals surface area contributed by atoms with Crippen LogP contribution in [-0.2, 0) is 4.74 Å². The molecule has 3 aromatic rings. The number of nitrogens with zero attached hydrogens (tertiary/aromatic N) is 3. The Labute approximate surface area is 231 Å². The van der Waals surface area contributed by atoms with E-state index in [0.29, 0.717) is 28.4 Å². The van der Waals surface area contributed by atoms with E-state index in [-0.39, 0.29) is 31.2 Å². The molecule has 38 heavy (non-hydrogen) atoms. The van der Waals surface area contributed by atoms with Crippen molar-refractivity contribution < 1.29 is 13.5 Å². The van der Waals surface area contributed by atoms with E-state index in [1.165, 1.54) is 12.1 Å². The second-order valence-electron chi connectivity index (χ2n) is 9.34. The monoisotopic (exact) mass is 556 g/mol. The highest BCUT2D eigenvalue weighted by molar-refractivity contribution is 7.23. The lowest BCUT2D eigenvalue weighted by Crippen LogP contribution is -2.33. The van der Waals surface area contributed by atoms with E-state index in [1.54, 1.807) is 20.1 Å². The lowest BCUT2D eigenvalue weighted by Gasteiger charge is -2.27. The molecule has 9 heteroatoms. The van der Waals surface area contributed by atoms with Crippen LogP contribution in [0.15, 0.2) is 35.2 Å². The van der Waals surface area contributed by atoms with Crippen LogP contribution in [-0.4, -0.2) is 30.9 Å². The molecule has 1 aliphatic rings. The average molecular weight is 557 g/mol. The number of hydrogen-bond donors (Lipinski definition) is 1. The van der Waals surface area contributed by atoms with Gasteiger partial charge in [-0.3, -0.25) is 0 Å². The number of fused-ring (bicyclic) bond motifs is 1. The summed E-state index contributed by atoms with van der Waals surface area (Å²) in [6, 6.07) is 6.46. The second-order valence-corrected chi connectivity index (χ2v) is 10.8. The molecular weight excluding hydrogens is 526 g/mol. The number of nitriles is 1. The highest BCUT2D eigenvalue weighted by atomic mass is 35.5. The maximum Gasteiger partial charge on any atom is 0.210 e. The van der Waals surface area contributed by atoms with Crippen molar-refractivity contribution in [1.82, 2.24) is 4.90 Å². The first kappa shape index (κ1) is 27.9. The zero-order valence-electron chi connectivity index (χ0n) is 21.8. The van der Waals surface area contributed by atoms with Crippen molar-refractivity contribution in [3.05, 3.63) is 63.5 Å². The van der Waals surface area contributed by atoms with Crippen molar-refractivity contribution in [1.29, 1.82) is 5.26 Å². The van der Waals surface area contributed by atoms with Gasteiger partial charge >= 0.3 is 0 Å². The summed E-state index contributed by atoms with van der Waals surface area (Å²) >= 11 is 7.76. The molecule has 1 fully saturated rings. The van der Waals surface area contributed by atoms with Crippen LogP contribution in [0, 0.1) is 29.9 Å². The van der Waals surface area contributed by atoms with E-state index < -0.39 is 11.6 Å². The van der Waals surface area contributed by atoms with Crippen molar-refractivity contribution in [2.75, 3.05) is 25.9 Å². The van der Waals surface area contributed by atoms with E-state index in [2.05, 4.69) is 11.8 Å². The molecule has 2 aromatic carbocycles. The summed E-state index contributed by atoms with van der Waals surface area (Å²) in [6.07, 6.45) is 7.96. The molecule has 200 valence electrons. The largest absolute Gasteiger partial charge is 0.481 e. The minimum Gasteiger partial charge on any atom is -0.481 e. The third-order valence-corrected chi connectivity index (χ3v) is 8.17. The molecule has 5 nitrogen and oxygen atoms in total. The fourth-order valence-corrected chi connectivity index (χ4v) is 6.08. The topological polar surface area (TPSA) is 74.6 Å². The van der Waals surface area contributed by atoms with E-state index >= 15 is 4.39 Å². The first-order chi connectivity index (χ1) is 18.3. The Morgan fingerprint density at radius 2 is 1.97 bits per heavy atom. The van der Waals surface area contributed by atoms with Crippen LogP contribution in [0.4, 0.5) is 13.8 Å². The number of methoxy groups -OCH3 is 1. The molecule has 0 amide bonds. The third-order valence-electron chi connectivity index (χ3n) is 6.84. The zero-order chi connectivity index (χ0) is 27.4. The van der Waals surface area contributed by atoms with Gasteiger partial charge in [0.25, 0.3) is 0 Å². The highest BCUT2D eigenvalue weighted by Gasteiger charge is 2.26. The Morgan fingerprint density at radius 1 is 1.26 bits per heavy atom. The number of nitrogen functional groups attached to an aromatic ring is 1. The maximum absolute atomic E-state index is 16.3. The molecule has 2 heterocycles. The van der Waals surface area contributed by atoms with Crippen LogP contribution < -0.4 is 5.73 Å². The molecule has 2 N–H and O–H groups in total. The van der Waals surface area contributed by atoms with Gasteiger partial charge in [0, 0.05) is 29.6 Å². The summed E-state index contributed by atoms with van der Waals surface area (Å²) < 4.78 is 36.7.